The monoisotopic (exact) mass is 526 g/mol. The Morgan fingerprint density at radius 3 is 3.00 bits per heavy atom. The molecule has 4 aromatic rings. The highest BCUT2D eigenvalue weighted by atomic mass is 16.5. The summed E-state index contributed by atoms with van der Waals surface area (Å²) in [5.41, 5.74) is 4.00. The maximum atomic E-state index is 13.5. The number of hydrogen-bond acceptors (Lipinski definition) is 7. The number of anilines is 1. The number of hydrogen-bond donors (Lipinski definition) is 2. The number of fused-ring (bicyclic) bond motifs is 7. The molecule has 39 heavy (non-hydrogen) atoms. The number of imidazole rings is 1. The van der Waals surface area contributed by atoms with Gasteiger partial charge in [-0.1, -0.05) is 12.6 Å². The molecule has 200 valence electrons. The fraction of sp³-hybridized carbons (Fsp3) is 0.276. The van der Waals surface area contributed by atoms with Gasteiger partial charge in [-0.25, -0.2) is 4.98 Å². The Kier molecular flexibility index (Phi) is 7.81. The molecule has 2 bridgehead atoms. The molecule has 1 aromatic carbocycles. The molecule has 0 aliphatic carbocycles. The quantitative estimate of drug-likeness (QED) is 0.294. The molecule has 2 amide bonds. The number of para-hydroxylation sites is 1. The minimum absolute atomic E-state index is 0.256. The lowest BCUT2D eigenvalue weighted by Gasteiger charge is -2.13. The number of pyridine rings is 2. The van der Waals surface area contributed by atoms with Gasteiger partial charge in [-0.15, -0.1) is 0 Å². The number of benzene rings is 1. The molecule has 0 radical (unpaired) electrons. The van der Waals surface area contributed by atoms with Crippen LogP contribution in [0.3, 0.4) is 0 Å². The summed E-state index contributed by atoms with van der Waals surface area (Å²) < 4.78 is 14.1. The Morgan fingerprint density at radius 1 is 1.23 bits per heavy atom. The van der Waals surface area contributed by atoms with Gasteiger partial charge in [0.15, 0.2) is 0 Å². The van der Waals surface area contributed by atoms with Crippen molar-refractivity contribution < 1.29 is 19.1 Å². The number of ether oxygens (including phenoxy) is 2. The van der Waals surface area contributed by atoms with Crippen LogP contribution in [-0.4, -0.2) is 51.1 Å². The van der Waals surface area contributed by atoms with Gasteiger partial charge in [0.05, 0.1) is 29.9 Å². The van der Waals surface area contributed by atoms with E-state index in [-0.39, 0.29) is 18.4 Å². The van der Waals surface area contributed by atoms with Crippen LogP contribution in [0.25, 0.3) is 22.3 Å². The molecule has 1 aliphatic rings. The van der Waals surface area contributed by atoms with Crippen LogP contribution in [0.15, 0.2) is 61.4 Å². The van der Waals surface area contributed by atoms with Crippen LogP contribution in [0, 0.1) is 6.92 Å². The van der Waals surface area contributed by atoms with Crippen molar-refractivity contribution in [3.05, 3.63) is 72.7 Å². The fourth-order valence-electron chi connectivity index (χ4n) is 4.53. The van der Waals surface area contributed by atoms with E-state index in [0.717, 1.165) is 30.3 Å². The smallest absolute Gasteiger partial charge is 0.258 e. The number of aryl methyl sites for hydroxylation is 2. The average Bonchev–Trinajstić information content (AvgIpc) is 3.29. The van der Waals surface area contributed by atoms with Gasteiger partial charge >= 0.3 is 0 Å². The first kappa shape index (κ1) is 25.9. The van der Waals surface area contributed by atoms with Crippen LogP contribution < -0.4 is 20.1 Å². The second-order valence-corrected chi connectivity index (χ2v) is 9.17. The Morgan fingerprint density at radius 2 is 2.13 bits per heavy atom. The van der Waals surface area contributed by atoms with E-state index in [2.05, 4.69) is 27.2 Å². The number of carbonyl (C=O) groups excluding carboxylic acids is 2. The average molecular weight is 527 g/mol. The summed E-state index contributed by atoms with van der Waals surface area (Å²) in [6, 6.07) is 10.9. The van der Waals surface area contributed by atoms with Crippen LogP contribution in [0.4, 0.5) is 5.95 Å². The fourth-order valence-corrected chi connectivity index (χ4v) is 4.53. The van der Waals surface area contributed by atoms with E-state index >= 15 is 0 Å². The molecule has 0 saturated heterocycles. The first-order valence-corrected chi connectivity index (χ1v) is 12.9. The van der Waals surface area contributed by atoms with Crippen LogP contribution in [0.5, 0.6) is 11.5 Å². The number of amides is 2. The van der Waals surface area contributed by atoms with Crippen molar-refractivity contribution in [2.24, 2.45) is 0 Å². The summed E-state index contributed by atoms with van der Waals surface area (Å²) in [7, 11) is 0. The molecular formula is C29H30N6O4. The summed E-state index contributed by atoms with van der Waals surface area (Å²) in [5.74, 6) is 1.20. The van der Waals surface area contributed by atoms with Gasteiger partial charge in [-0.3, -0.25) is 24.9 Å². The number of nitrogens with one attached hydrogen (secondary N) is 2. The molecule has 10 nitrogen and oxygen atoms in total. The normalized spacial score (nSPS) is 13.6. The van der Waals surface area contributed by atoms with E-state index in [1.165, 1.54) is 6.08 Å². The number of rotatable bonds is 5. The molecule has 4 heterocycles. The van der Waals surface area contributed by atoms with Gasteiger partial charge in [0.25, 0.3) is 5.91 Å². The molecule has 2 N–H and O–H groups in total. The lowest BCUT2D eigenvalue weighted by molar-refractivity contribution is -0.116. The lowest BCUT2D eigenvalue weighted by atomic mass is 10.1. The molecule has 10 heteroatoms. The summed E-state index contributed by atoms with van der Waals surface area (Å²) >= 11 is 0. The summed E-state index contributed by atoms with van der Waals surface area (Å²) in [4.78, 5) is 38.6. The van der Waals surface area contributed by atoms with Crippen molar-refractivity contribution in [1.29, 1.82) is 0 Å². The molecule has 0 fully saturated rings. The molecular weight excluding hydrogens is 496 g/mol. The third-order valence-electron chi connectivity index (χ3n) is 6.36. The van der Waals surface area contributed by atoms with Gasteiger partial charge < -0.3 is 19.4 Å². The third kappa shape index (κ3) is 5.90. The van der Waals surface area contributed by atoms with Gasteiger partial charge in [0.2, 0.25) is 11.9 Å². The zero-order chi connectivity index (χ0) is 27.2. The Bertz CT molecular complexity index is 1530. The first-order chi connectivity index (χ1) is 19.0. The second-order valence-electron chi connectivity index (χ2n) is 9.17. The third-order valence-corrected chi connectivity index (χ3v) is 6.36. The van der Waals surface area contributed by atoms with Crippen molar-refractivity contribution in [2.75, 3.05) is 25.1 Å². The van der Waals surface area contributed by atoms with Crippen LogP contribution >= 0.6 is 0 Å². The topological polar surface area (TPSA) is 120 Å². The molecule has 0 spiro atoms. The maximum absolute atomic E-state index is 13.5. The minimum atomic E-state index is -0.297. The zero-order valence-electron chi connectivity index (χ0n) is 21.8. The summed E-state index contributed by atoms with van der Waals surface area (Å²) in [5, 5.41) is 5.72. The second kappa shape index (κ2) is 11.8. The summed E-state index contributed by atoms with van der Waals surface area (Å²) in [6.07, 6.45) is 7.23. The van der Waals surface area contributed by atoms with Gasteiger partial charge in [-0.2, -0.15) is 0 Å². The van der Waals surface area contributed by atoms with Gasteiger partial charge in [0, 0.05) is 30.2 Å². The zero-order valence-corrected chi connectivity index (χ0v) is 21.8. The molecule has 1 aliphatic heterocycles. The molecule has 0 unspecified atom stereocenters. The Hall–Kier alpha value is -4.73. The van der Waals surface area contributed by atoms with E-state index < -0.39 is 0 Å². The molecule has 0 atom stereocenters. The van der Waals surface area contributed by atoms with Crippen LogP contribution in [-0.2, 0) is 11.3 Å². The van der Waals surface area contributed by atoms with Crippen molar-refractivity contribution in [3.63, 3.8) is 0 Å². The lowest BCUT2D eigenvalue weighted by Crippen LogP contribution is -2.26. The van der Waals surface area contributed by atoms with E-state index in [9.17, 15) is 9.59 Å². The Labute approximate surface area is 226 Å². The molecule has 5 rings (SSSR count). The van der Waals surface area contributed by atoms with E-state index in [1.54, 1.807) is 24.5 Å². The van der Waals surface area contributed by atoms with Crippen LogP contribution in [0.1, 0.15) is 35.3 Å². The van der Waals surface area contributed by atoms with Crippen molar-refractivity contribution in [2.45, 2.75) is 32.7 Å². The number of aromatic nitrogens is 4. The van der Waals surface area contributed by atoms with Gasteiger partial charge in [-0.05, 0) is 62.6 Å². The highest BCUT2D eigenvalue weighted by Crippen LogP contribution is 2.31. The van der Waals surface area contributed by atoms with E-state index in [1.807, 2.05) is 35.8 Å². The minimum Gasteiger partial charge on any atom is -0.493 e. The number of nitrogens with zero attached hydrogens (tertiary/aromatic N) is 4. The van der Waals surface area contributed by atoms with Crippen molar-refractivity contribution in [1.82, 2.24) is 24.8 Å². The predicted molar refractivity (Wildman–Crippen MR) is 148 cm³/mol. The molecule has 3 aromatic heterocycles. The SMILES string of the molecule is C=CC(=O)NCCOc1cccc2nc3n(c12)CCCCCOc1ccncc1-c1cc(cc(C)n1)C(=O)N3. The summed E-state index contributed by atoms with van der Waals surface area (Å²) in [6.45, 7) is 7.09. The highest BCUT2D eigenvalue weighted by molar-refractivity contribution is 6.05. The largest absolute Gasteiger partial charge is 0.493 e. The predicted octanol–water partition coefficient (Wildman–Crippen LogP) is 4.30. The number of carbonyl (C=O) groups is 2. The van der Waals surface area contributed by atoms with E-state index in [0.29, 0.717) is 59.6 Å². The molecule has 0 saturated carbocycles. The van der Waals surface area contributed by atoms with Crippen molar-refractivity contribution >= 4 is 28.8 Å². The van der Waals surface area contributed by atoms with E-state index in [4.69, 9.17) is 14.5 Å². The first-order valence-electron chi connectivity index (χ1n) is 12.9. The maximum Gasteiger partial charge on any atom is 0.258 e. The van der Waals surface area contributed by atoms with Crippen molar-refractivity contribution in [3.8, 4) is 22.8 Å². The standard InChI is InChI=1S/C29H30N6O4/c1-3-26(36)31-12-15-39-25-9-7-8-22-27(25)35-13-5-4-6-14-38-24-10-11-30-18-21(24)23-17-20(16-19(2)32-23)28(37)34-29(35)33-22/h3,7-11,16-18H,1,4-6,12-15H2,2H3,(H,31,36)(H,33,34,37). The Balaban J connectivity index is 1.50. The highest BCUT2D eigenvalue weighted by Gasteiger charge is 2.20. The van der Waals surface area contributed by atoms with Crippen LogP contribution in [0.2, 0.25) is 0 Å². The van der Waals surface area contributed by atoms with Gasteiger partial charge in [0.1, 0.15) is 23.6 Å².